The van der Waals surface area contributed by atoms with Crippen LogP contribution in [0.1, 0.15) is 25.3 Å². The number of carbonyl (C=O) groups is 3. The van der Waals surface area contributed by atoms with Gasteiger partial charge in [-0.15, -0.1) is 0 Å². The van der Waals surface area contributed by atoms with Gasteiger partial charge in [0.2, 0.25) is 9.84 Å². The van der Waals surface area contributed by atoms with Gasteiger partial charge in [0, 0.05) is 18.2 Å². The number of ether oxygens (including phenoxy) is 4. The first kappa shape index (κ1) is 31.6. The first-order valence-electron chi connectivity index (χ1n) is 12.9. The maximum atomic E-state index is 13.0. The third kappa shape index (κ3) is 9.90. The number of carbonyl (C=O) groups excluding carboxylic acids is 3. The van der Waals surface area contributed by atoms with Gasteiger partial charge in [0.25, 0.3) is 0 Å². The van der Waals surface area contributed by atoms with E-state index in [2.05, 4.69) is 6.58 Å². The Labute approximate surface area is 244 Å². The second-order valence-corrected chi connectivity index (χ2v) is 10.6. The first-order chi connectivity index (χ1) is 20.2. The van der Waals surface area contributed by atoms with E-state index in [0.29, 0.717) is 31.8 Å². The van der Waals surface area contributed by atoms with Gasteiger partial charge >= 0.3 is 17.9 Å². The van der Waals surface area contributed by atoms with Crippen molar-refractivity contribution in [3.63, 3.8) is 0 Å². The zero-order chi connectivity index (χ0) is 30.4. The van der Waals surface area contributed by atoms with Gasteiger partial charge < -0.3 is 18.9 Å². The Morgan fingerprint density at radius 3 is 1.71 bits per heavy atom. The minimum atomic E-state index is -3.84. The molecule has 218 valence electrons. The minimum absolute atomic E-state index is 0.00920. The van der Waals surface area contributed by atoms with Crippen LogP contribution >= 0.6 is 0 Å². The van der Waals surface area contributed by atoms with E-state index in [4.69, 9.17) is 18.9 Å². The molecule has 0 unspecified atom stereocenters. The molecule has 0 bridgehead atoms. The lowest BCUT2D eigenvalue weighted by molar-refractivity contribution is -0.138. The molecule has 42 heavy (non-hydrogen) atoms. The summed E-state index contributed by atoms with van der Waals surface area (Å²) in [5.74, 6) is -0.584. The molecule has 0 saturated heterocycles. The summed E-state index contributed by atoms with van der Waals surface area (Å²) in [6, 6.07) is 18.0. The number of benzene rings is 3. The number of rotatable bonds is 14. The summed E-state index contributed by atoms with van der Waals surface area (Å²) in [5.41, 5.74) is 0.750. The van der Waals surface area contributed by atoms with Crippen LogP contribution in [0.15, 0.2) is 113 Å². The molecule has 3 rings (SSSR count). The summed E-state index contributed by atoms with van der Waals surface area (Å²) >= 11 is 0. The van der Waals surface area contributed by atoms with Crippen LogP contribution in [0.3, 0.4) is 0 Å². The van der Waals surface area contributed by atoms with Crippen molar-refractivity contribution >= 4 is 33.8 Å². The molecule has 0 N–H and O–H groups in total. The summed E-state index contributed by atoms with van der Waals surface area (Å²) in [4.78, 5) is 34.8. The van der Waals surface area contributed by atoms with E-state index in [0.717, 1.165) is 11.6 Å². The van der Waals surface area contributed by atoms with Crippen LogP contribution in [0.2, 0.25) is 0 Å². The molecule has 0 aliphatic heterocycles. The minimum Gasteiger partial charge on any atom is -0.494 e. The number of hydrogen-bond acceptors (Lipinski definition) is 9. The standard InChI is InChI=1S/C32H30O9S/c1-3-7-31(34)40-26-13-17-28(18-14-26)42(36,37)29-19-15-27(16-20-29)41-32(35)21-10-24-8-11-25(12-9-24)38-22-5-6-23-39-30(33)4-2/h3-4,7-21H,2,5-6,22-23H2,1H3. The van der Waals surface area contributed by atoms with Crippen molar-refractivity contribution in [3.05, 3.63) is 109 Å². The number of sulfone groups is 1. The Balaban J connectivity index is 1.48. The largest absolute Gasteiger partial charge is 0.494 e. The SMILES string of the molecule is C=CC(=O)OCCCCOc1ccc(C=CC(=O)Oc2ccc(S(=O)(=O)c3ccc(OC(=O)C=CC)cc3)cc2)cc1. The number of allylic oxidation sites excluding steroid dienone is 1. The molecule has 3 aromatic carbocycles. The molecule has 0 atom stereocenters. The summed E-state index contributed by atoms with van der Waals surface area (Å²) < 4.78 is 46.8. The third-order valence-electron chi connectivity index (χ3n) is 5.52. The topological polar surface area (TPSA) is 122 Å². The second-order valence-electron chi connectivity index (χ2n) is 8.62. The molecule has 0 aromatic heterocycles. The van der Waals surface area contributed by atoms with Gasteiger partial charge in [-0.2, -0.15) is 0 Å². The van der Waals surface area contributed by atoms with E-state index < -0.39 is 27.7 Å². The smallest absolute Gasteiger partial charge is 0.336 e. The monoisotopic (exact) mass is 590 g/mol. The highest BCUT2D eigenvalue weighted by Gasteiger charge is 2.18. The van der Waals surface area contributed by atoms with E-state index in [-0.39, 0.29) is 21.3 Å². The van der Waals surface area contributed by atoms with Crippen LogP contribution in [0.5, 0.6) is 17.2 Å². The van der Waals surface area contributed by atoms with E-state index in [1.165, 1.54) is 66.8 Å². The van der Waals surface area contributed by atoms with Crippen molar-refractivity contribution in [1.82, 2.24) is 0 Å². The molecular weight excluding hydrogens is 560 g/mol. The summed E-state index contributed by atoms with van der Waals surface area (Å²) in [5, 5.41) is 0. The average molecular weight is 591 g/mol. The molecule has 10 heteroatoms. The quantitative estimate of drug-likeness (QED) is 0.104. The lowest BCUT2D eigenvalue weighted by Gasteiger charge is -2.07. The molecule has 0 heterocycles. The molecule has 0 radical (unpaired) electrons. The second kappa shape index (κ2) is 15.7. The van der Waals surface area contributed by atoms with Gasteiger partial charge in [0.1, 0.15) is 17.2 Å². The Morgan fingerprint density at radius 2 is 1.19 bits per heavy atom. The molecular formula is C32H30O9S. The zero-order valence-corrected chi connectivity index (χ0v) is 23.7. The fourth-order valence-corrected chi connectivity index (χ4v) is 4.67. The van der Waals surface area contributed by atoms with Crippen LogP contribution in [-0.4, -0.2) is 39.5 Å². The van der Waals surface area contributed by atoms with E-state index in [1.807, 2.05) is 0 Å². The van der Waals surface area contributed by atoms with Crippen molar-refractivity contribution in [2.24, 2.45) is 0 Å². The highest BCUT2D eigenvalue weighted by molar-refractivity contribution is 7.91. The van der Waals surface area contributed by atoms with Crippen LogP contribution < -0.4 is 14.2 Å². The maximum Gasteiger partial charge on any atom is 0.336 e. The number of hydrogen-bond donors (Lipinski definition) is 0. The average Bonchev–Trinajstić information content (AvgIpc) is 2.99. The van der Waals surface area contributed by atoms with Gasteiger partial charge in [0.15, 0.2) is 0 Å². The molecule has 0 aliphatic carbocycles. The summed E-state index contributed by atoms with van der Waals surface area (Å²) in [6.07, 6.45) is 8.14. The molecule has 0 spiro atoms. The Kier molecular flexibility index (Phi) is 11.8. The molecule has 3 aromatic rings. The van der Waals surface area contributed by atoms with Gasteiger partial charge in [0.05, 0.1) is 23.0 Å². The predicted molar refractivity (Wildman–Crippen MR) is 156 cm³/mol. The fraction of sp³-hybridized carbons (Fsp3) is 0.156. The number of unbranched alkanes of at least 4 members (excludes halogenated alkanes) is 1. The van der Waals surface area contributed by atoms with Gasteiger partial charge in [-0.25, -0.2) is 22.8 Å². The van der Waals surface area contributed by atoms with Crippen LogP contribution in [0.4, 0.5) is 0 Å². The van der Waals surface area contributed by atoms with E-state index in [9.17, 15) is 22.8 Å². The predicted octanol–water partition coefficient (Wildman–Crippen LogP) is 5.51. The van der Waals surface area contributed by atoms with Crippen molar-refractivity contribution in [3.8, 4) is 17.2 Å². The Bertz CT molecular complexity index is 1530. The van der Waals surface area contributed by atoms with Crippen molar-refractivity contribution in [2.45, 2.75) is 29.6 Å². The molecule has 0 amide bonds. The Morgan fingerprint density at radius 1 is 0.690 bits per heavy atom. The van der Waals surface area contributed by atoms with E-state index >= 15 is 0 Å². The first-order valence-corrected chi connectivity index (χ1v) is 14.4. The van der Waals surface area contributed by atoms with Crippen molar-refractivity contribution in [2.75, 3.05) is 13.2 Å². The normalized spacial score (nSPS) is 11.3. The summed E-state index contributed by atoms with van der Waals surface area (Å²) in [6.45, 7) is 5.79. The van der Waals surface area contributed by atoms with E-state index in [1.54, 1.807) is 37.3 Å². The third-order valence-corrected chi connectivity index (χ3v) is 7.30. The highest BCUT2D eigenvalue weighted by Crippen LogP contribution is 2.25. The highest BCUT2D eigenvalue weighted by atomic mass is 32.2. The van der Waals surface area contributed by atoms with Crippen molar-refractivity contribution < 1.29 is 41.7 Å². The molecule has 0 aliphatic rings. The Hall–Kier alpha value is -4.96. The molecule has 0 saturated carbocycles. The van der Waals surface area contributed by atoms with Gasteiger partial charge in [-0.1, -0.05) is 24.8 Å². The van der Waals surface area contributed by atoms with Crippen LogP contribution in [-0.2, 0) is 29.0 Å². The lowest BCUT2D eigenvalue weighted by Crippen LogP contribution is -2.06. The van der Waals surface area contributed by atoms with Crippen LogP contribution in [0, 0.1) is 0 Å². The van der Waals surface area contributed by atoms with Crippen LogP contribution in [0.25, 0.3) is 6.08 Å². The van der Waals surface area contributed by atoms with Crippen molar-refractivity contribution in [1.29, 1.82) is 0 Å². The zero-order valence-electron chi connectivity index (χ0n) is 22.9. The number of esters is 3. The molecule has 9 nitrogen and oxygen atoms in total. The van der Waals surface area contributed by atoms with Gasteiger partial charge in [-0.05, 0) is 92.1 Å². The van der Waals surface area contributed by atoms with Gasteiger partial charge in [-0.3, -0.25) is 0 Å². The maximum absolute atomic E-state index is 13.0. The fourth-order valence-electron chi connectivity index (χ4n) is 3.41. The molecule has 0 fully saturated rings. The lowest BCUT2D eigenvalue weighted by atomic mass is 10.2. The summed E-state index contributed by atoms with van der Waals surface area (Å²) in [7, 11) is -3.84.